The van der Waals surface area contributed by atoms with Crippen molar-refractivity contribution in [2.24, 2.45) is 16.8 Å². The number of nitrogens with zero attached hydrogens (tertiary/aromatic N) is 2. The van der Waals surface area contributed by atoms with Crippen molar-refractivity contribution < 1.29 is 14.2 Å². The summed E-state index contributed by atoms with van der Waals surface area (Å²) >= 11 is 0. The molecule has 1 aromatic rings. The average Bonchev–Trinajstić information content (AvgIpc) is 3.64. The molecule has 0 bridgehead atoms. The van der Waals surface area contributed by atoms with Crippen LogP contribution in [0.2, 0.25) is 0 Å². The van der Waals surface area contributed by atoms with E-state index in [-0.39, 0.29) is 24.0 Å². The fourth-order valence-corrected chi connectivity index (χ4v) is 4.15. The van der Waals surface area contributed by atoms with Crippen molar-refractivity contribution in [3.8, 4) is 11.5 Å². The highest BCUT2D eigenvalue weighted by Gasteiger charge is 2.21. The highest BCUT2D eigenvalue weighted by atomic mass is 127. The summed E-state index contributed by atoms with van der Waals surface area (Å²) in [5.41, 5.74) is 0.963. The zero-order valence-electron chi connectivity index (χ0n) is 20.0. The Bertz CT molecular complexity index is 736. The summed E-state index contributed by atoms with van der Waals surface area (Å²) in [7, 11) is 2.22. The monoisotopic (exact) mass is 572 g/mol. The van der Waals surface area contributed by atoms with Crippen LogP contribution in [0.15, 0.2) is 23.2 Å². The third-order valence-corrected chi connectivity index (χ3v) is 6.46. The Labute approximate surface area is 216 Å². The number of benzene rings is 1. The maximum atomic E-state index is 5.84. The summed E-state index contributed by atoms with van der Waals surface area (Å²) in [5, 5.41) is 7.02. The summed E-state index contributed by atoms with van der Waals surface area (Å²) in [6, 6.07) is 6.01. The Kier molecular flexibility index (Phi) is 11.3. The number of piperidine rings is 1. The van der Waals surface area contributed by atoms with Gasteiger partial charge in [-0.15, -0.1) is 24.0 Å². The van der Waals surface area contributed by atoms with E-state index in [0.717, 1.165) is 74.1 Å². The Morgan fingerprint density at radius 2 is 1.88 bits per heavy atom. The van der Waals surface area contributed by atoms with Crippen molar-refractivity contribution in [2.45, 2.75) is 44.9 Å². The zero-order chi connectivity index (χ0) is 22.0. The highest BCUT2D eigenvalue weighted by molar-refractivity contribution is 14.0. The number of guanidine groups is 1. The van der Waals surface area contributed by atoms with E-state index in [2.05, 4.69) is 22.6 Å². The number of hydrogen-bond acceptors (Lipinski definition) is 5. The third kappa shape index (κ3) is 9.48. The minimum Gasteiger partial charge on any atom is -0.490 e. The van der Waals surface area contributed by atoms with Crippen LogP contribution in [0.5, 0.6) is 11.5 Å². The van der Waals surface area contributed by atoms with Crippen molar-refractivity contribution in [3.05, 3.63) is 18.2 Å². The molecule has 1 aromatic carbocycles. The number of fused-ring (bicyclic) bond motifs is 1. The van der Waals surface area contributed by atoms with Gasteiger partial charge < -0.3 is 29.7 Å². The van der Waals surface area contributed by atoms with E-state index in [1.807, 2.05) is 18.2 Å². The molecular weight excluding hydrogens is 531 g/mol. The van der Waals surface area contributed by atoms with Gasteiger partial charge in [-0.05, 0) is 82.6 Å². The van der Waals surface area contributed by atoms with Crippen LogP contribution in [-0.2, 0) is 4.74 Å². The largest absolute Gasteiger partial charge is 0.490 e. The average molecular weight is 573 g/mol. The molecule has 0 spiro atoms. The lowest BCUT2D eigenvalue weighted by Gasteiger charge is -2.29. The molecule has 0 unspecified atom stereocenters. The van der Waals surface area contributed by atoms with Crippen molar-refractivity contribution in [2.75, 3.05) is 65.0 Å². The lowest BCUT2D eigenvalue weighted by atomic mass is 9.94. The van der Waals surface area contributed by atoms with Crippen LogP contribution in [0.25, 0.3) is 0 Å². The normalized spacial score (nSPS) is 19.5. The molecule has 7 nitrogen and oxygen atoms in total. The molecule has 0 amide bonds. The SMILES string of the molecule is CN1CCC(CCNC(=NCCCOCC2CC2)Nc2ccc3c(c2)OCCCO3)CC1.I. The van der Waals surface area contributed by atoms with Gasteiger partial charge in [0.25, 0.3) is 0 Å². The quantitative estimate of drug-likeness (QED) is 0.188. The van der Waals surface area contributed by atoms with E-state index < -0.39 is 0 Å². The molecule has 4 rings (SSSR count). The molecule has 0 atom stereocenters. The van der Waals surface area contributed by atoms with E-state index in [1.165, 1.54) is 45.2 Å². The first-order valence-electron chi connectivity index (χ1n) is 12.5. The maximum absolute atomic E-state index is 5.84. The van der Waals surface area contributed by atoms with Crippen molar-refractivity contribution >= 4 is 35.6 Å². The molecule has 0 radical (unpaired) electrons. The van der Waals surface area contributed by atoms with Crippen molar-refractivity contribution in [3.63, 3.8) is 0 Å². The highest BCUT2D eigenvalue weighted by Crippen LogP contribution is 2.32. The van der Waals surface area contributed by atoms with Gasteiger partial charge in [0, 0.05) is 44.5 Å². The lowest BCUT2D eigenvalue weighted by Crippen LogP contribution is -2.35. The number of hydrogen-bond donors (Lipinski definition) is 2. The second-order valence-corrected chi connectivity index (χ2v) is 9.40. The standard InChI is InChI=1S/C25H40N4O3.HI/c1-29-13-9-20(10-14-29)8-12-27-25(26-11-2-15-30-19-21-4-5-21)28-22-6-7-23-24(18-22)32-17-3-16-31-23;/h6-7,18,20-21H,2-5,8-17,19H2,1H3,(H2,26,27,28);1H. The van der Waals surface area contributed by atoms with Crippen LogP contribution in [0, 0.1) is 11.8 Å². The van der Waals surface area contributed by atoms with Crippen molar-refractivity contribution in [1.29, 1.82) is 0 Å². The van der Waals surface area contributed by atoms with Gasteiger partial charge in [-0.2, -0.15) is 0 Å². The predicted molar refractivity (Wildman–Crippen MR) is 144 cm³/mol. The molecular formula is C25H41IN4O3. The minimum atomic E-state index is 0. The fraction of sp³-hybridized carbons (Fsp3) is 0.720. The van der Waals surface area contributed by atoms with Gasteiger partial charge in [0.15, 0.2) is 17.5 Å². The van der Waals surface area contributed by atoms with Gasteiger partial charge in [-0.3, -0.25) is 4.99 Å². The first-order chi connectivity index (χ1) is 15.8. The first-order valence-corrected chi connectivity index (χ1v) is 12.5. The number of halogens is 1. The molecule has 186 valence electrons. The molecule has 33 heavy (non-hydrogen) atoms. The number of nitrogens with one attached hydrogen (secondary N) is 2. The number of aliphatic imine (C=N–C) groups is 1. The topological polar surface area (TPSA) is 67.4 Å². The number of likely N-dealkylation sites (tertiary alicyclic amines) is 1. The van der Waals surface area contributed by atoms with Crippen LogP contribution in [-0.4, -0.2) is 70.5 Å². The van der Waals surface area contributed by atoms with Crippen LogP contribution < -0.4 is 20.1 Å². The first kappa shape index (κ1) is 26.3. The van der Waals surface area contributed by atoms with Gasteiger partial charge in [-0.25, -0.2) is 0 Å². The van der Waals surface area contributed by atoms with Crippen LogP contribution >= 0.6 is 24.0 Å². The Hall–Kier alpha value is -1.26. The number of ether oxygens (including phenoxy) is 3. The maximum Gasteiger partial charge on any atom is 0.195 e. The molecule has 2 aliphatic heterocycles. The van der Waals surface area contributed by atoms with Gasteiger partial charge in [0.2, 0.25) is 0 Å². The third-order valence-electron chi connectivity index (χ3n) is 6.46. The second kappa shape index (κ2) is 14.2. The van der Waals surface area contributed by atoms with Gasteiger partial charge >= 0.3 is 0 Å². The Morgan fingerprint density at radius 1 is 1.09 bits per heavy atom. The molecule has 2 fully saturated rings. The molecule has 1 saturated heterocycles. The second-order valence-electron chi connectivity index (χ2n) is 9.40. The predicted octanol–water partition coefficient (Wildman–Crippen LogP) is 4.37. The summed E-state index contributed by atoms with van der Waals surface area (Å²) in [5.74, 6) is 4.06. The van der Waals surface area contributed by atoms with Gasteiger partial charge in [0.1, 0.15) is 0 Å². The summed E-state index contributed by atoms with van der Waals surface area (Å²) < 4.78 is 17.4. The van der Waals surface area contributed by atoms with Gasteiger partial charge in [-0.1, -0.05) is 0 Å². The van der Waals surface area contributed by atoms with E-state index in [4.69, 9.17) is 19.2 Å². The zero-order valence-corrected chi connectivity index (χ0v) is 22.4. The molecule has 1 aliphatic carbocycles. The van der Waals surface area contributed by atoms with E-state index >= 15 is 0 Å². The van der Waals surface area contributed by atoms with Crippen LogP contribution in [0.4, 0.5) is 5.69 Å². The summed E-state index contributed by atoms with van der Waals surface area (Å²) in [4.78, 5) is 7.24. The van der Waals surface area contributed by atoms with Crippen LogP contribution in [0.1, 0.15) is 44.9 Å². The molecule has 0 aromatic heterocycles. The minimum absolute atomic E-state index is 0. The Balaban J connectivity index is 0.00000306. The van der Waals surface area contributed by atoms with E-state index in [1.54, 1.807) is 0 Å². The Morgan fingerprint density at radius 3 is 2.67 bits per heavy atom. The fourth-order valence-electron chi connectivity index (χ4n) is 4.15. The lowest BCUT2D eigenvalue weighted by molar-refractivity contribution is 0.123. The molecule has 8 heteroatoms. The number of rotatable bonds is 10. The van der Waals surface area contributed by atoms with Gasteiger partial charge in [0.05, 0.1) is 13.2 Å². The van der Waals surface area contributed by atoms with E-state index in [0.29, 0.717) is 13.2 Å². The molecule has 3 aliphatic rings. The smallest absolute Gasteiger partial charge is 0.195 e. The molecule has 2 N–H and O–H groups in total. The van der Waals surface area contributed by atoms with E-state index in [9.17, 15) is 0 Å². The van der Waals surface area contributed by atoms with Crippen molar-refractivity contribution in [1.82, 2.24) is 10.2 Å². The summed E-state index contributed by atoms with van der Waals surface area (Å²) in [6.45, 7) is 7.19. The molecule has 1 saturated carbocycles. The molecule has 2 heterocycles. The number of anilines is 1. The van der Waals surface area contributed by atoms with Crippen LogP contribution in [0.3, 0.4) is 0 Å². The summed E-state index contributed by atoms with van der Waals surface area (Å²) in [6.07, 6.45) is 8.28.